The van der Waals surface area contributed by atoms with Crippen LogP contribution in [0.15, 0.2) is 35.1 Å². The van der Waals surface area contributed by atoms with Crippen LogP contribution in [0.25, 0.3) is 5.76 Å². The Labute approximate surface area is 183 Å². The number of aliphatic hydroxyl groups is 4. The molecular formula is C23H25NO8. The molecule has 0 spiro atoms. The molecule has 0 heterocycles. The predicted molar refractivity (Wildman–Crippen MR) is 112 cm³/mol. The minimum absolute atomic E-state index is 0.000145. The van der Waals surface area contributed by atoms with Gasteiger partial charge in [0.25, 0.3) is 0 Å². The van der Waals surface area contributed by atoms with Gasteiger partial charge in [-0.15, -0.1) is 0 Å². The van der Waals surface area contributed by atoms with Crippen LogP contribution in [0.3, 0.4) is 0 Å². The number of likely N-dealkylation sites (N-methyl/N-ethyl adjacent to an activating group) is 1. The minimum atomic E-state index is -2.81. The number of benzene rings is 1. The largest absolute Gasteiger partial charge is 0.508 e. The second-order valence-corrected chi connectivity index (χ2v) is 8.98. The first kappa shape index (κ1) is 22.2. The van der Waals surface area contributed by atoms with Gasteiger partial charge in [0.1, 0.15) is 22.8 Å². The average Bonchev–Trinajstić information content (AvgIpc) is 2.70. The summed E-state index contributed by atoms with van der Waals surface area (Å²) >= 11 is 0. The molecular weight excluding hydrogens is 418 g/mol. The molecule has 0 aromatic heterocycles. The van der Waals surface area contributed by atoms with Crippen molar-refractivity contribution in [3.63, 3.8) is 0 Å². The minimum Gasteiger partial charge on any atom is -0.508 e. The number of rotatable bonds is 2. The zero-order valence-corrected chi connectivity index (χ0v) is 18.0. The molecule has 6 atom stereocenters. The van der Waals surface area contributed by atoms with E-state index >= 15 is 0 Å². The molecule has 9 nitrogen and oxygen atoms in total. The second kappa shape index (κ2) is 6.99. The maximum absolute atomic E-state index is 13.7. The number of carbonyl (C=O) groups excluding carboxylic acids is 3. The number of hydrogen-bond acceptors (Lipinski definition) is 9. The van der Waals surface area contributed by atoms with Crippen molar-refractivity contribution in [2.24, 2.45) is 11.8 Å². The summed E-state index contributed by atoms with van der Waals surface area (Å²) in [6.07, 6.45) is -1.55. The quantitative estimate of drug-likeness (QED) is 0.413. The molecule has 32 heavy (non-hydrogen) atoms. The summed E-state index contributed by atoms with van der Waals surface area (Å²) in [7, 11) is 3.00. The van der Waals surface area contributed by atoms with E-state index in [0.29, 0.717) is 5.56 Å². The molecule has 1 aromatic rings. The first-order chi connectivity index (χ1) is 14.9. The maximum atomic E-state index is 13.7. The smallest absolute Gasteiger partial charge is 0.202 e. The third-order valence-electron chi connectivity index (χ3n) is 7.10. The summed E-state index contributed by atoms with van der Waals surface area (Å²) in [5.41, 5.74) is -3.40. The van der Waals surface area contributed by atoms with Gasteiger partial charge < -0.3 is 25.5 Å². The van der Waals surface area contributed by atoms with E-state index in [0.717, 1.165) is 6.92 Å². The number of phenolic OH excluding ortho intramolecular Hbond substituents is 1. The van der Waals surface area contributed by atoms with Crippen molar-refractivity contribution in [2.45, 2.75) is 37.5 Å². The number of carbonyl (C=O) groups is 3. The molecule has 4 rings (SSSR count). The number of aromatic hydroxyl groups is 1. The van der Waals surface area contributed by atoms with Crippen molar-refractivity contribution >= 4 is 23.1 Å². The molecule has 3 aliphatic rings. The molecule has 0 amide bonds. The molecule has 5 N–H and O–H groups in total. The highest BCUT2D eigenvalue weighted by atomic mass is 16.4. The molecule has 1 aromatic carbocycles. The normalized spacial score (nSPS) is 34.4. The summed E-state index contributed by atoms with van der Waals surface area (Å²) in [6.45, 7) is 2.72. The van der Waals surface area contributed by atoms with Gasteiger partial charge in [0.05, 0.1) is 23.6 Å². The lowest BCUT2D eigenvalue weighted by molar-refractivity contribution is -0.169. The zero-order chi connectivity index (χ0) is 23.9. The van der Waals surface area contributed by atoms with Gasteiger partial charge in [0.2, 0.25) is 5.78 Å². The van der Waals surface area contributed by atoms with E-state index in [9.17, 15) is 39.9 Å². The lowest BCUT2D eigenvalue weighted by atomic mass is 9.54. The Hall–Kier alpha value is -3.01. The van der Waals surface area contributed by atoms with E-state index < -0.39 is 69.9 Å². The molecule has 9 heteroatoms. The van der Waals surface area contributed by atoms with Crippen LogP contribution in [-0.4, -0.2) is 79.6 Å². The number of hydrogen-bond donors (Lipinski definition) is 5. The molecule has 0 unspecified atom stereocenters. The van der Waals surface area contributed by atoms with Gasteiger partial charge in [0, 0.05) is 11.5 Å². The van der Waals surface area contributed by atoms with Crippen LogP contribution < -0.4 is 0 Å². The number of ketones is 3. The average molecular weight is 443 g/mol. The lowest BCUT2D eigenvalue weighted by Crippen LogP contribution is -2.70. The highest BCUT2D eigenvalue weighted by Crippen LogP contribution is 2.55. The highest BCUT2D eigenvalue weighted by Gasteiger charge is 2.68. The number of aliphatic hydroxyl groups excluding tert-OH is 3. The third-order valence-corrected chi connectivity index (χ3v) is 7.10. The van der Waals surface area contributed by atoms with Crippen molar-refractivity contribution in [2.75, 3.05) is 14.1 Å². The Morgan fingerprint density at radius 1 is 1.12 bits per heavy atom. The zero-order valence-electron chi connectivity index (χ0n) is 18.0. The van der Waals surface area contributed by atoms with E-state index in [1.165, 1.54) is 25.1 Å². The van der Waals surface area contributed by atoms with Gasteiger partial charge in [0.15, 0.2) is 17.2 Å². The molecule has 3 aliphatic carbocycles. The van der Waals surface area contributed by atoms with E-state index in [4.69, 9.17) is 0 Å². The first-order valence-electron chi connectivity index (χ1n) is 10.2. The monoisotopic (exact) mass is 443 g/mol. The Morgan fingerprint density at radius 3 is 2.31 bits per heavy atom. The van der Waals surface area contributed by atoms with Gasteiger partial charge in [-0.2, -0.15) is 0 Å². The van der Waals surface area contributed by atoms with Gasteiger partial charge in [-0.3, -0.25) is 19.3 Å². The first-order valence-corrected chi connectivity index (χ1v) is 10.2. The van der Waals surface area contributed by atoms with E-state index in [-0.39, 0.29) is 16.9 Å². The van der Waals surface area contributed by atoms with Crippen LogP contribution >= 0.6 is 0 Å². The lowest BCUT2D eigenvalue weighted by Gasteiger charge is -2.53. The predicted octanol–water partition coefficient (Wildman–Crippen LogP) is 0.599. The van der Waals surface area contributed by atoms with Gasteiger partial charge in [-0.1, -0.05) is 19.1 Å². The van der Waals surface area contributed by atoms with Crippen LogP contribution in [0.1, 0.15) is 30.9 Å². The summed E-state index contributed by atoms with van der Waals surface area (Å²) in [5.74, 6) is -7.90. The van der Waals surface area contributed by atoms with E-state index in [2.05, 4.69) is 0 Å². The second-order valence-electron chi connectivity index (χ2n) is 8.98. The van der Waals surface area contributed by atoms with Crippen LogP contribution in [0, 0.1) is 11.8 Å². The van der Waals surface area contributed by atoms with Crippen molar-refractivity contribution in [1.29, 1.82) is 0 Å². The fourth-order valence-corrected chi connectivity index (χ4v) is 5.68. The molecule has 0 radical (unpaired) electrons. The van der Waals surface area contributed by atoms with Crippen LogP contribution in [0.5, 0.6) is 5.75 Å². The Balaban J connectivity index is 2.07. The molecule has 1 saturated carbocycles. The summed E-state index contributed by atoms with van der Waals surface area (Å²) < 4.78 is 0. The van der Waals surface area contributed by atoms with Crippen molar-refractivity contribution < 1.29 is 39.9 Å². The fourth-order valence-electron chi connectivity index (χ4n) is 5.68. The molecule has 170 valence electrons. The van der Waals surface area contributed by atoms with E-state index in [1.807, 2.05) is 0 Å². The Morgan fingerprint density at radius 2 is 1.75 bits per heavy atom. The molecule has 0 bridgehead atoms. The van der Waals surface area contributed by atoms with Gasteiger partial charge >= 0.3 is 0 Å². The van der Waals surface area contributed by atoms with E-state index in [1.54, 1.807) is 19.1 Å². The topological polar surface area (TPSA) is 156 Å². The van der Waals surface area contributed by atoms with Crippen molar-refractivity contribution in [3.8, 4) is 5.75 Å². The van der Waals surface area contributed by atoms with Crippen LogP contribution in [-0.2, 0) is 14.4 Å². The van der Waals surface area contributed by atoms with Gasteiger partial charge in [-0.05, 0) is 38.6 Å². The number of phenols is 1. The molecule has 0 aliphatic heterocycles. The van der Waals surface area contributed by atoms with Crippen LogP contribution in [0.2, 0.25) is 0 Å². The summed E-state index contributed by atoms with van der Waals surface area (Å²) in [6, 6.07) is 3.26. The number of nitrogens with zero attached hydrogens (tertiary/aromatic N) is 1. The summed E-state index contributed by atoms with van der Waals surface area (Å²) in [4.78, 5) is 40.3. The molecule has 0 saturated heterocycles. The van der Waals surface area contributed by atoms with Crippen molar-refractivity contribution in [3.05, 3.63) is 46.2 Å². The Bertz CT molecular complexity index is 1130. The SMILES string of the molecule is CC(=O)C1=C(O)[C@@]2(O)C(=O)C3=C(O)c4c(O)cccc4[C@@H](C)[C@H]3[C@H](O)[C@H]2[C@H](N(C)C)C1=O. The number of fused-ring (bicyclic) bond motifs is 3. The van der Waals surface area contributed by atoms with Crippen LogP contribution in [0.4, 0.5) is 0 Å². The highest BCUT2D eigenvalue weighted by molar-refractivity contribution is 6.25. The van der Waals surface area contributed by atoms with Crippen molar-refractivity contribution in [1.82, 2.24) is 4.90 Å². The third kappa shape index (κ3) is 2.52. The Kier molecular flexibility index (Phi) is 4.85. The number of Topliss-reactive ketones (excluding diaryl/α,β-unsaturated/α-hetero) is 3. The maximum Gasteiger partial charge on any atom is 0.202 e. The van der Waals surface area contributed by atoms with Gasteiger partial charge in [-0.25, -0.2) is 0 Å². The standard InChI is InChI=1S/C23H25NO8/c1-8-10-6-5-7-11(26)14(10)18(27)15-12(8)19(28)16-17(24(3)4)20(29)13(9(2)25)21(30)23(16,32)22(15)31/h5-8,12,16-17,19,26-28,30,32H,1-4H3/t8-,12-,16-,17+,19+,23-/m1/s1. The molecule has 1 fully saturated rings. The fraction of sp³-hybridized carbons (Fsp3) is 0.435. The summed E-state index contributed by atoms with van der Waals surface area (Å²) in [5, 5.41) is 55.1.